The second-order valence-electron chi connectivity index (χ2n) is 3.71. The minimum absolute atomic E-state index is 0.162. The van der Waals surface area contributed by atoms with Gasteiger partial charge in [-0.1, -0.05) is 0 Å². The van der Waals surface area contributed by atoms with Gasteiger partial charge in [0.15, 0.2) is 0 Å². The first-order valence-electron chi connectivity index (χ1n) is 4.94. The summed E-state index contributed by atoms with van der Waals surface area (Å²) >= 11 is 0. The molecule has 1 aliphatic heterocycles. The molecular formula is C9H18N2O3. The number of carboxylic acid groups (broad SMARTS) is 1. The van der Waals surface area contributed by atoms with Gasteiger partial charge in [-0.25, -0.2) is 4.79 Å². The second-order valence-corrected chi connectivity index (χ2v) is 3.71. The summed E-state index contributed by atoms with van der Waals surface area (Å²) in [6.07, 6.45) is 0.902. The van der Waals surface area contributed by atoms with Crippen molar-refractivity contribution in [2.24, 2.45) is 0 Å². The van der Waals surface area contributed by atoms with Crippen LogP contribution in [0.5, 0.6) is 0 Å². The molecule has 0 aromatic rings. The van der Waals surface area contributed by atoms with Gasteiger partial charge in [0.1, 0.15) is 0 Å². The quantitative estimate of drug-likeness (QED) is 0.679. The monoisotopic (exact) mass is 202 g/mol. The minimum atomic E-state index is -0.826. The predicted octanol–water partition coefficient (Wildman–Crippen LogP) is 0.0529. The lowest BCUT2D eigenvalue weighted by atomic mass is 10.0. The van der Waals surface area contributed by atoms with E-state index in [-0.39, 0.29) is 6.61 Å². The summed E-state index contributed by atoms with van der Waals surface area (Å²) in [5.74, 6) is 0. The van der Waals surface area contributed by atoms with Crippen molar-refractivity contribution in [2.75, 3.05) is 33.3 Å². The van der Waals surface area contributed by atoms with Crippen LogP contribution in [0.1, 0.15) is 12.8 Å². The average Bonchev–Trinajstić information content (AvgIpc) is 2.18. The molecule has 5 nitrogen and oxygen atoms in total. The number of nitrogens with zero attached hydrogens (tertiary/aromatic N) is 2. The molecule has 5 heteroatoms. The Morgan fingerprint density at radius 1 is 1.50 bits per heavy atom. The maximum atomic E-state index is 10.6. The van der Waals surface area contributed by atoms with Crippen molar-refractivity contribution in [1.29, 1.82) is 0 Å². The van der Waals surface area contributed by atoms with Gasteiger partial charge < -0.3 is 20.0 Å². The van der Waals surface area contributed by atoms with E-state index in [4.69, 9.17) is 10.2 Å². The molecule has 0 aromatic carbocycles. The lowest BCUT2D eigenvalue weighted by molar-refractivity contribution is 0.0971. The molecule has 1 amide bonds. The zero-order valence-electron chi connectivity index (χ0n) is 8.52. The highest BCUT2D eigenvalue weighted by Gasteiger charge is 2.24. The van der Waals surface area contributed by atoms with Crippen molar-refractivity contribution in [2.45, 2.75) is 18.9 Å². The van der Waals surface area contributed by atoms with Crippen molar-refractivity contribution < 1.29 is 15.0 Å². The number of rotatable bonds is 3. The first-order valence-corrected chi connectivity index (χ1v) is 4.94. The van der Waals surface area contributed by atoms with Crippen molar-refractivity contribution in [1.82, 2.24) is 9.80 Å². The molecule has 0 aliphatic carbocycles. The highest BCUT2D eigenvalue weighted by Crippen LogP contribution is 2.14. The van der Waals surface area contributed by atoms with Crippen LogP contribution in [0.3, 0.4) is 0 Å². The highest BCUT2D eigenvalue weighted by molar-refractivity contribution is 5.65. The van der Waals surface area contributed by atoms with Crippen molar-refractivity contribution >= 4 is 6.09 Å². The van der Waals surface area contributed by atoms with Crippen molar-refractivity contribution in [3.8, 4) is 0 Å². The summed E-state index contributed by atoms with van der Waals surface area (Å²) in [6.45, 7) is 2.04. The van der Waals surface area contributed by atoms with E-state index in [9.17, 15) is 4.79 Å². The number of hydrogen-bond donors (Lipinski definition) is 2. The molecule has 1 aliphatic rings. The van der Waals surface area contributed by atoms with Crippen LogP contribution in [0.15, 0.2) is 0 Å². The van der Waals surface area contributed by atoms with Gasteiger partial charge in [-0.3, -0.25) is 0 Å². The third-order valence-corrected chi connectivity index (χ3v) is 2.81. The van der Waals surface area contributed by atoms with Gasteiger partial charge in [-0.15, -0.1) is 0 Å². The van der Waals surface area contributed by atoms with Gasteiger partial charge in [0.05, 0.1) is 6.61 Å². The Bertz CT molecular complexity index is 190. The third kappa shape index (κ3) is 2.85. The number of aliphatic hydroxyl groups is 1. The molecule has 2 N–H and O–H groups in total. The predicted molar refractivity (Wildman–Crippen MR) is 52.3 cm³/mol. The lowest BCUT2D eigenvalue weighted by Gasteiger charge is -2.35. The van der Waals surface area contributed by atoms with Gasteiger partial charge in [0.25, 0.3) is 0 Å². The van der Waals surface area contributed by atoms with Crippen molar-refractivity contribution in [3.63, 3.8) is 0 Å². The normalized spacial score (nSPS) is 18.9. The number of piperidine rings is 1. The Morgan fingerprint density at radius 2 is 2.07 bits per heavy atom. The third-order valence-electron chi connectivity index (χ3n) is 2.81. The van der Waals surface area contributed by atoms with E-state index in [2.05, 4.69) is 4.90 Å². The fourth-order valence-electron chi connectivity index (χ4n) is 1.84. The van der Waals surface area contributed by atoms with Gasteiger partial charge in [0, 0.05) is 25.7 Å². The van der Waals surface area contributed by atoms with Crippen LogP contribution in [-0.4, -0.2) is 65.4 Å². The number of likely N-dealkylation sites (N-methyl/N-ethyl adjacent to an activating group) is 1. The zero-order valence-corrected chi connectivity index (χ0v) is 8.52. The molecule has 14 heavy (non-hydrogen) atoms. The van der Waals surface area contributed by atoms with Crippen molar-refractivity contribution in [3.05, 3.63) is 0 Å². The summed E-state index contributed by atoms with van der Waals surface area (Å²) in [5, 5.41) is 17.5. The topological polar surface area (TPSA) is 64.0 Å². The Labute approximate surface area is 83.9 Å². The van der Waals surface area contributed by atoms with Gasteiger partial charge in [0.2, 0.25) is 0 Å². The fourth-order valence-corrected chi connectivity index (χ4v) is 1.84. The van der Waals surface area contributed by atoms with Crippen LogP contribution >= 0.6 is 0 Å². The molecule has 1 rings (SSSR count). The molecule has 0 aromatic heterocycles. The zero-order chi connectivity index (χ0) is 10.6. The Kier molecular flexibility index (Phi) is 4.16. The smallest absolute Gasteiger partial charge is 0.407 e. The minimum Gasteiger partial charge on any atom is -0.465 e. The van der Waals surface area contributed by atoms with E-state index in [1.165, 1.54) is 4.90 Å². The average molecular weight is 202 g/mol. The van der Waals surface area contributed by atoms with Crippen LogP contribution < -0.4 is 0 Å². The summed E-state index contributed by atoms with van der Waals surface area (Å²) in [7, 11) is 1.97. The molecule has 0 atom stereocenters. The lowest BCUT2D eigenvalue weighted by Crippen LogP contribution is -2.45. The van der Waals surface area contributed by atoms with Crippen LogP contribution in [0.4, 0.5) is 4.79 Å². The summed E-state index contributed by atoms with van der Waals surface area (Å²) in [5.41, 5.74) is 0. The molecule has 82 valence electrons. The maximum absolute atomic E-state index is 10.6. The SMILES string of the molecule is CN(CCO)C1CCN(C(=O)O)CC1. The van der Waals surface area contributed by atoms with Crippen LogP contribution in [0.2, 0.25) is 0 Å². The Balaban J connectivity index is 2.31. The van der Waals surface area contributed by atoms with E-state index in [1.807, 2.05) is 7.05 Å². The molecule has 1 fully saturated rings. The molecule has 1 heterocycles. The molecular weight excluding hydrogens is 184 g/mol. The molecule has 0 radical (unpaired) electrons. The molecule has 1 saturated heterocycles. The number of aliphatic hydroxyl groups excluding tert-OH is 1. The number of carbonyl (C=O) groups is 1. The van der Waals surface area contributed by atoms with E-state index in [1.54, 1.807) is 0 Å². The van der Waals surface area contributed by atoms with Gasteiger partial charge in [-0.05, 0) is 19.9 Å². The number of likely N-dealkylation sites (tertiary alicyclic amines) is 1. The maximum Gasteiger partial charge on any atom is 0.407 e. The number of hydrogen-bond acceptors (Lipinski definition) is 3. The number of amides is 1. The van der Waals surface area contributed by atoms with E-state index >= 15 is 0 Å². The first-order chi connectivity index (χ1) is 6.65. The molecule has 0 spiro atoms. The molecule has 0 saturated carbocycles. The fraction of sp³-hybridized carbons (Fsp3) is 0.889. The van der Waals surface area contributed by atoms with E-state index < -0.39 is 6.09 Å². The van der Waals surface area contributed by atoms with Gasteiger partial charge in [-0.2, -0.15) is 0 Å². The summed E-state index contributed by atoms with van der Waals surface area (Å²) < 4.78 is 0. The highest BCUT2D eigenvalue weighted by atomic mass is 16.4. The van der Waals surface area contributed by atoms with Gasteiger partial charge >= 0.3 is 6.09 Å². The Hall–Kier alpha value is -0.810. The second kappa shape index (κ2) is 5.17. The summed E-state index contributed by atoms with van der Waals surface area (Å²) in [6, 6.07) is 0.415. The standard InChI is InChI=1S/C9H18N2O3/c1-10(6-7-12)8-2-4-11(5-3-8)9(13)14/h8,12H,2-7H2,1H3,(H,13,14). The largest absolute Gasteiger partial charge is 0.465 e. The molecule has 0 unspecified atom stereocenters. The summed E-state index contributed by atoms with van der Waals surface area (Å²) in [4.78, 5) is 14.2. The van der Waals surface area contributed by atoms with E-state index in [0.717, 1.165) is 12.8 Å². The Morgan fingerprint density at radius 3 is 2.50 bits per heavy atom. The van der Waals surface area contributed by atoms with E-state index in [0.29, 0.717) is 25.7 Å². The van der Waals surface area contributed by atoms with Crippen LogP contribution in [0, 0.1) is 0 Å². The first kappa shape index (κ1) is 11.3. The molecule has 0 bridgehead atoms. The van der Waals surface area contributed by atoms with Crippen LogP contribution in [0.25, 0.3) is 0 Å². The van der Waals surface area contributed by atoms with Crippen LogP contribution in [-0.2, 0) is 0 Å².